The summed E-state index contributed by atoms with van der Waals surface area (Å²) in [5.74, 6) is -1.19. The lowest BCUT2D eigenvalue weighted by Crippen LogP contribution is -2.41. The van der Waals surface area contributed by atoms with Gasteiger partial charge in [-0.1, -0.05) is 66.7 Å². The molecule has 176 valence electrons. The van der Waals surface area contributed by atoms with Gasteiger partial charge >= 0.3 is 5.97 Å². The third-order valence-electron chi connectivity index (χ3n) is 6.50. The molecular weight excluding hydrogens is 442 g/mol. The zero-order valence-corrected chi connectivity index (χ0v) is 19.5. The fraction of sp³-hybridized carbons (Fsp3) is 0.179. The van der Waals surface area contributed by atoms with Crippen LogP contribution in [0.3, 0.4) is 0 Å². The standard InChI is InChI=1S/C28H25N3O4/c1-30-22-15-9-8-14-21(22)25(26(30)18-10-4-3-5-11-18)27-19-12-6-7-13-20(19)28(34)31(27)17-23(32)29-16-24(33)35-2/h3-15,27H,16-17H2,1-2H3,(H,29,32). The van der Waals surface area contributed by atoms with E-state index in [0.29, 0.717) is 5.56 Å². The second kappa shape index (κ2) is 9.10. The summed E-state index contributed by atoms with van der Waals surface area (Å²) in [5.41, 5.74) is 5.44. The molecule has 0 spiro atoms. The van der Waals surface area contributed by atoms with Gasteiger partial charge in [-0.05, 0) is 23.3 Å². The highest BCUT2D eigenvalue weighted by atomic mass is 16.5. The topological polar surface area (TPSA) is 80.6 Å². The number of hydrogen-bond donors (Lipinski definition) is 1. The Morgan fingerprint density at radius 3 is 2.40 bits per heavy atom. The Morgan fingerprint density at radius 2 is 1.63 bits per heavy atom. The summed E-state index contributed by atoms with van der Waals surface area (Å²) in [6, 6.07) is 25.1. The summed E-state index contributed by atoms with van der Waals surface area (Å²) in [6.45, 7) is -0.439. The second-order valence-electron chi connectivity index (χ2n) is 8.48. The number of carbonyl (C=O) groups excluding carboxylic acids is 3. The van der Waals surface area contributed by atoms with Crippen LogP contribution in [0.25, 0.3) is 22.2 Å². The molecule has 1 atom stereocenters. The summed E-state index contributed by atoms with van der Waals surface area (Å²) >= 11 is 0. The lowest BCUT2D eigenvalue weighted by molar-refractivity contribution is -0.141. The summed E-state index contributed by atoms with van der Waals surface area (Å²) in [7, 11) is 3.28. The summed E-state index contributed by atoms with van der Waals surface area (Å²) in [5, 5.41) is 3.57. The fourth-order valence-electron chi connectivity index (χ4n) is 4.94. The first-order chi connectivity index (χ1) is 17.0. The predicted molar refractivity (Wildman–Crippen MR) is 133 cm³/mol. The second-order valence-corrected chi connectivity index (χ2v) is 8.48. The van der Waals surface area contributed by atoms with Gasteiger partial charge in [-0.2, -0.15) is 0 Å². The van der Waals surface area contributed by atoms with Gasteiger partial charge in [0, 0.05) is 29.1 Å². The number of para-hydroxylation sites is 1. The molecule has 1 unspecified atom stereocenters. The predicted octanol–water partition coefficient (Wildman–Crippen LogP) is 3.68. The van der Waals surface area contributed by atoms with E-state index in [-0.39, 0.29) is 19.0 Å². The van der Waals surface area contributed by atoms with Gasteiger partial charge in [0.15, 0.2) is 0 Å². The molecule has 3 aromatic carbocycles. The number of ether oxygens (including phenoxy) is 1. The number of rotatable bonds is 6. The van der Waals surface area contributed by atoms with Crippen LogP contribution < -0.4 is 5.32 Å². The number of benzene rings is 3. The number of fused-ring (bicyclic) bond motifs is 2. The molecule has 1 N–H and O–H groups in total. The first-order valence-corrected chi connectivity index (χ1v) is 11.4. The molecule has 0 bridgehead atoms. The van der Waals surface area contributed by atoms with Gasteiger partial charge in [0.2, 0.25) is 5.91 Å². The molecule has 1 aromatic heterocycles. The average molecular weight is 468 g/mol. The minimum absolute atomic E-state index is 0.188. The average Bonchev–Trinajstić information content (AvgIpc) is 3.33. The third-order valence-corrected chi connectivity index (χ3v) is 6.50. The van der Waals surface area contributed by atoms with Crippen LogP contribution in [0.5, 0.6) is 0 Å². The van der Waals surface area contributed by atoms with Crippen LogP contribution in [0.15, 0.2) is 78.9 Å². The number of carbonyl (C=O) groups is 3. The first-order valence-electron chi connectivity index (χ1n) is 11.4. The number of aromatic nitrogens is 1. The summed E-state index contributed by atoms with van der Waals surface area (Å²) in [4.78, 5) is 39.4. The SMILES string of the molecule is COC(=O)CNC(=O)CN1C(=O)c2ccccc2C1c1c(-c2ccccc2)n(C)c2ccccc12. The van der Waals surface area contributed by atoms with Crippen LogP contribution in [-0.2, 0) is 21.4 Å². The van der Waals surface area contributed by atoms with Crippen molar-refractivity contribution in [2.75, 3.05) is 20.2 Å². The van der Waals surface area contributed by atoms with Gasteiger partial charge in [-0.25, -0.2) is 0 Å². The van der Waals surface area contributed by atoms with Gasteiger partial charge in [0.1, 0.15) is 13.1 Å². The van der Waals surface area contributed by atoms with E-state index in [1.807, 2.05) is 67.7 Å². The molecule has 0 radical (unpaired) electrons. The van der Waals surface area contributed by atoms with Crippen molar-refractivity contribution in [3.63, 3.8) is 0 Å². The van der Waals surface area contributed by atoms with Crippen molar-refractivity contribution >= 4 is 28.7 Å². The Bertz CT molecular complexity index is 1440. The molecule has 0 saturated heterocycles. The van der Waals surface area contributed by atoms with Gasteiger partial charge in [-0.3, -0.25) is 14.4 Å². The highest BCUT2D eigenvalue weighted by molar-refractivity contribution is 6.04. The van der Waals surface area contributed by atoms with E-state index >= 15 is 0 Å². The quantitative estimate of drug-likeness (QED) is 0.439. The smallest absolute Gasteiger partial charge is 0.325 e. The lowest BCUT2D eigenvalue weighted by Gasteiger charge is -2.26. The van der Waals surface area contributed by atoms with E-state index in [1.54, 1.807) is 11.0 Å². The van der Waals surface area contributed by atoms with Crippen molar-refractivity contribution in [2.24, 2.45) is 7.05 Å². The van der Waals surface area contributed by atoms with Crippen molar-refractivity contribution in [3.05, 3.63) is 95.6 Å². The van der Waals surface area contributed by atoms with E-state index in [1.165, 1.54) is 7.11 Å². The highest BCUT2D eigenvalue weighted by Crippen LogP contribution is 2.46. The Hall–Kier alpha value is -4.39. The maximum atomic E-state index is 13.5. The van der Waals surface area contributed by atoms with Crippen LogP contribution in [-0.4, -0.2) is 47.4 Å². The number of amides is 2. The minimum atomic E-state index is -0.550. The van der Waals surface area contributed by atoms with Crippen LogP contribution in [0.4, 0.5) is 0 Å². The Labute approximate surface area is 202 Å². The molecule has 0 saturated carbocycles. The van der Waals surface area contributed by atoms with Gasteiger partial charge < -0.3 is 19.5 Å². The van der Waals surface area contributed by atoms with E-state index < -0.39 is 17.9 Å². The van der Waals surface area contributed by atoms with Crippen molar-refractivity contribution < 1.29 is 19.1 Å². The zero-order chi connectivity index (χ0) is 24.5. The molecule has 1 aliphatic heterocycles. The molecular formula is C28H25N3O4. The highest BCUT2D eigenvalue weighted by Gasteiger charge is 2.41. The van der Waals surface area contributed by atoms with Crippen molar-refractivity contribution in [2.45, 2.75) is 6.04 Å². The number of nitrogens with zero attached hydrogens (tertiary/aromatic N) is 2. The molecule has 2 heterocycles. The van der Waals surface area contributed by atoms with E-state index in [9.17, 15) is 14.4 Å². The van der Waals surface area contributed by atoms with Crippen LogP contribution in [0, 0.1) is 0 Å². The van der Waals surface area contributed by atoms with Crippen LogP contribution in [0.1, 0.15) is 27.5 Å². The molecule has 7 nitrogen and oxygen atoms in total. The molecule has 7 heteroatoms. The van der Waals surface area contributed by atoms with Crippen molar-refractivity contribution in [1.29, 1.82) is 0 Å². The molecule has 5 rings (SSSR count). The number of hydrogen-bond acceptors (Lipinski definition) is 4. The monoisotopic (exact) mass is 467 g/mol. The van der Waals surface area contributed by atoms with E-state index in [2.05, 4.69) is 26.8 Å². The molecule has 1 aliphatic rings. The van der Waals surface area contributed by atoms with Crippen LogP contribution in [0.2, 0.25) is 0 Å². The Balaban J connectivity index is 1.68. The third kappa shape index (κ3) is 3.85. The van der Waals surface area contributed by atoms with Crippen molar-refractivity contribution in [1.82, 2.24) is 14.8 Å². The molecule has 2 amide bonds. The number of methoxy groups -OCH3 is 1. The normalized spacial score (nSPS) is 14.7. The van der Waals surface area contributed by atoms with Crippen molar-refractivity contribution in [3.8, 4) is 11.3 Å². The largest absolute Gasteiger partial charge is 0.468 e. The number of esters is 1. The maximum Gasteiger partial charge on any atom is 0.325 e. The van der Waals surface area contributed by atoms with Gasteiger partial charge in [-0.15, -0.1) is 0 Å². The fourth-order valence-corrected chi connectivity index (χ4v) is 4.94. The Morgan fingerprint density at radius 1 is 0.943 bits per heavy atom. The maximum absolute atomic E-state index is 13.5. The van der Waals surface area contributed by atoms with Crippen LogP contribution >= 0.6 is 0 Å². The molecule has 4 aromatic rings. The van der Waals surface area contributed by atoms with Gasteiger partial charge in [0.05, 0.1) is 18.8 Å². The first kappa shape index (κ1) is 22.4. The number of nitrogens with one attached hydrogen (secondary N) is 1. The summed E-state index contributed by atoms with van der Waals surface area (Å²) in [6.07, 6.45) is 0. The number of aryl methyl sites for hydroxylation is 1. The minimum Gasteiger partial charge on any atom is -0.468 e. The van der Waals surface area contributed by atoms with E-state index in [0.717, 1.165) is 33.3 Å². The molecule has 0 aliphatic carbocycles. The lowest BCUT2D eigenvalue weighted by atomic mass is 9.93. The molecule has 0 fully saturated rings. The Kier molecular flexibility index (Phi) is 5.82. The van der Waals surface area contributed by atoms with E-state index in [4.69, 9.17) is 0 Å². The summed E-state index contributed by atoms with van der Waals surface area (Å²) < 4.78 is 6.75. The zero-order valence-electron chi connectivity index (χ0n) is 19.5. The van der Waals surface area contributed by atoms with Gasteiger partial charge in [0.25, 0.3) is 5.91 Å². The molecule has 35 heavy (non-hydrogen) atoms.